The predicted octanol–water partition coefficient (Wildman–Crippen LogP) is 3.61. The lowest BCUT2D eigenvalue weighted by Crippen LogP contribution is -2.06. The number of alkyl halides is 1. The Balaban J connectivity index is 2.06. The van der Waals surface area contributed by atoms with Crippen LogP contribution >= 0.6 is 11.6 Å². The highest BCUT2D eigenvalue weighted by atomic mass is 35.5. The zero-order valence-electron chi connectivity index (χ0n) is 10.4. The molecule has 1 aliphatic carbocycles. The third-order valence-corrected chi connectivity index (χ3v) is 4.01. The first-order valence-electron chi connectivity index (χ1n) is 6.40. The maximum Gasteiger partial charge on any atom is 0.151 e. The van der Waals surface area contributed by atoms with E-state index in [9.17, 15) is 4.39 Å². The normalized spacial score (nSPS) is 22.6. The summed E-state index contributed by atoms with van der Waals surface area (Å²) < 4.78 is 15.9. The molecule has 0 spiro atoms. The first-order chi connectivity index (χ1) is 8.70. The summed E-state index contributed by atoms with van der Waals surface area (Å²) in [5.74, 6) is 2.67. The van der Waals surface area contributed by atoms with Crippen LogP contribution in [0, 0.1) is 17.7 Å². The van der Waals surface area contributed by atoms with Crippen LogP contribution in [0.4, 0.5) is 4.39 Å². The topological polar surface area (TPSA) is 17.8 Å². The lowest BCUT2D eigenvalue weighted by atomic mass is 10.3. The molecule has 1 aliphatic rings. The summed E-state index contributed by atoms with van der Waals surface area (Å²) in [5, 5.41) is 0. The number of aryl methyl sites for hydroxylation is 1. The van der Waals surface area contributed by atoms with Gasteiger partial charge in [0.25, 0.3) is 0 Å². The summed E-state index contributed by atoms with van der Waals surface area (Å²) in [6.07, 6.45) is 1.95. The van der Waals surface area contributed by atoms with E-state index in [0.29, 0.717) is 23.7 Å². The first kappa shape index (κ1) is 12.0. The maximum atomic E-state index is 13.7. The number of benzene rings is 1. The van der Waals surface area contributed by atoms with E-state index in [1.165, 1.54) is 12.5 Å². The molecule has 96 valence electrons. The van der Waals surface area contributed by atoms with E-state index in [-0.39, 0.29) is 5.82 Å². The molecule has 1 aromatic heterocycles. The molecule has 2 atom stereocenters. The molecule has 0 bridgehead atoms. The minimum Gasteiger partial charge on any atom is -0.328 e. The smallest absolute Gasteiger partial charge is 0.151 e. The molecule has 0 N–H and O–H groups in total. The van der Waals surface area contributed by atoms with Crippen LogP contribution in [0.3, 0.4) is 0 Å². The third kappa shape index (κ3) is 2.01. The van der Waals surface area contributed by atoms with Crippen molar-refractivity contribution in [3.8, 4) is 0 Å². The van der Waals surface area contributed by atoms with Crippen molar-refractivity contribution < 1.29 is 4.39 Å². The van der Waals surface area contributed by atoms with Crippen molar-refractivity contribution in [3.05, 3.63) is 29.8 Å². The van der Waals surface area contributed by atoms with Gasteiger partial charge in [-0.3, -0.25) is 0 Å². The van der Waals surface area contributed by atoms with Gasteiger partial charge in [-0.15, -0.1) is 11.6 Å². The van der Waals surface area contributed by atoms with Crippen LogP contribution in [0.25, 0.3) is 11.0 Å². The number of rotatable bonds is 4. The lowest BCUT2D eigenvalue weighted by molar-refractivity contribution is 0.585. The molecule has 0 saturated heterocycles. The summed E-state index contributed by atoms with van der Waals surface area (Å²) >= 11 is 5.81. The van der Waals surface area contributed by atoms with E-state index < -0.39 is 0 Å². The van der Waals surface area contributed by atoms with Crippen molar-refractivity contribution in [2.75, 3.05) is 5.88 Å². The Morgan fingerprint density at radius 1 is 1.50 bits per heavy atom. The number of hydrogen-bond acceptors (Lipinski definition) is 1. The van der Waals surface area contributed by atoms with Crippen LogP contribution in [0.1, 0.15) is 19.2 Å². The number of para-hydroxylation sites is 1. The number of fused-ring (bicyclic) bond motifs is 1. The molecule has 1 aromatic carbocycles. The standard InChI is InChI=1S/C14H16ClFN2/c1-9-7-10(9)8-18-12-4-2-3-11(16)14(12)17-13(18)5-6-15/h2-4,9-10H,5-8H2,1H3. The molecule has 18 heavy (non-hydrogen) atoms. The number of nitrogens with zero attached hydrogens (tertiary/aromatic N) is 2. The lowest BCUT2D eigenvalue weighted by Gasteiger charge is -2.07. The minimum atomic E-state index is -0.245. The Hall–Kier alpha value is -1.09. The van der Waals surface area contributed by atoms with E-state index >= 15 is 0 Å². The van der Waals surface area contributed by atoms with Crippen molar-refractivity contribution in [2.45, 2.75) is 26.3 Å². The third-order valence-electron chi connectivity index (χ3n) is 3.82. The zero-order chi connectivity index (χ0) is 12.7. The fraction of sp³-hybridized carbons (Fsp3) is 0.500. The van der Waals surface area contributed by atoms with Crippen LogP contribution in [0.2, 0.25) is 0 Å². The second-order valence-corrected chi connectivity index (χ2v) is 5.54. The summed E-state index contributed by atoms with van der Waals surface area (Å²) in [6.45, 7) is 3.19. The highest BCUT2D eigenvalue weighted by molar-refractivity contribution is 6.17. The number of imidazole rings is 1. The molecule has 0 radical (unpaired) electrons. The second-order valence-electron chi connectivity index (χ2n) is 5.16. The van der Waals surface area contributed by atoms with E-state index in [2.05, 4.69) is 16.5 Å². The van der Waals surface area contributed by atoms with Gasteiger partial charge in [0.2, 0.25) is 0 Å². The predicted molar refractivity (Wildman–Crippen MR) is 71.4 cm³/mol. The molecule has 1 saturated carbocycles. The van der Waals surface area contributed by atoms with Crippen LogP contribution in [0.15, 0.2) is 18.2 Å². The van der Waals surface area contributed by atoms with Crippen LogP contribution in [0.5, 0.6) is 0 Å². The highest BCUT2D eigenvalue weighted by Gasteiger charge is 2.33. The molecule has 2 nitrogen and oxygen atoms in total. The Kier molecular flexibility index (Phi) is 3.02. The van der Waals surface area contributed by atoms with Gasteiger partial charge in [0.15, 0.2) is 5.82 Å². The van der Waals surface area contributed by atoms with Crippen molar-refractivity contribution in [2.24, 2.45) is 11.8 Å². The van der Waals surface area contributed by atoms with E-state index in [0.717, 1.165) is 23.8 Å². The average Bonchev–Trinajstić information content (AvgIpc) is 2.92. The van der Waals surface area contributed by atoms with Gasteiger partial charge in [-0.25, -0.2) is 9.37 Å². The largest absolute Gasteiger partial charge is 0.328 e. The van der Waals surface area contributed by atoms with Gasteiger partial charge < -0.3 is 4.57 Å². The van der Waals surface area contributed by atoms with Crippen LogP contribution in [-0.4, -0.2) is 15.4 Å². The SMILES string of the molecule is CC1CC1Cn1c(CCCl)nc2c(F)cccc21. The Morgan fingerprint density at radius 2 is 2.28 bits per heavy atom. The van der Waals surface area contributed by atoms with E-state index in [1.54, 1.807) is 6.07 Å². The van der Waals surface area contributed by atoms with Gasteiger partial charge in [0.1, 0.15) is 11.3 Å². The zero-order valence-corrected chi connectivity index (χ0v) is 11.1. The molecule has 0 aliphatic heterocycles. The first-order valence-corrected chi connectivity index (χ1v) is 6.93. The van der Waals surface area contributed by atoms with Crippen LogP contribution < -0.4 is 0 Å². The monoisotopic (exact) mass is 266 g/mol. The molecular weight excluding hydrogens is 251 g/mol. The van der Waals surface area contributed by atoms with Crippen molar-refractivity contribution in [3.63, 3.8) is 0 Å². The minimum absolute atomic E-state index is 0.245. The van der Waals surface area contributed by atoms with Gasteiger partial charge in [0.05, 0.1) is 5.52 Å². The van der Waals surface area contributed by atoms with E-state index in [1.807, 2.05) is 6.07 Å². The Labute approximate surface area is 111 Å². The molecule has 0 amide bonds. The Morgan fingerprint density at radius 3 is 2.94 bits per heavy atom. The maximum absolute atomic E-state index is 13.7. The molecule has 1 fully saturated rings. The summed E-state index contributed by atoms with van der Waals surface area (Å²) in [6, 6.07) is 5.15. The second kappa shape index (κ2) is 4.54. The molecule has 2 unspecified atom stereocenters. The van der Waals surface area contributed by atoms with Gasteiger partial charge in [-0.2, -0.15) is 0 Å². The summed E-state index contributed by atoms with van der Waals surface area (Å²) in [4.78, 5) is 4.41. The quantitative estimate of drug-likeness (QED) is 0.773. The number of halogens is 2. The van der Waals surface area contributed by atoms with Gasteiger partial charge in [0, 0.05) is 18.8 Å². The van der Waals surface area contributed by atoms with Gasteiger partial charge in [-0.1, -0.05) is 13.0 Å². The summed E-state index contributed by atoms with van der Waals surface area (Å²) in [7, 11) is 0. The van der Waals surface area contributed by atoms with E-state index in [4.69, 9.17) is 11.6 Å². The van der Waals surface area contributed by atoms with Crippen molar-refractivity contribution in [1.29, 1.82) is 0 Å². The van der Waals surface area contributed by atoms with Gasteiger partial charge >= 0.3 is 0 Å². The number of hydrogen-bond donors (Lipinski definition) is 0. The molecule has 1 heterocycles. The number of aromatic nitrogens is 2. The highest BCUT2D eigenvalue weighted by Crippen LogP contribution is 2.40. The molecule has 4 heteroatoms. The molecular formula is C14H16ClFN2. The van der Waals surface area contributed by atoms with Crippen molar-refractivity contribution in [1.82, 2.24) is 9.55 Å². The average molecular weight is 267 g/mol. The fourth-order valence-electron chi connectivity index (χ4n) is 2.53. The fourth-order valence-corrected chi connectivity index (χ4v) is 2.70. The Bertz CT molecular complexity index is 578. The molecule has 2 aromatic rings. The van der Waals surface area contributed by atoms with Crippen molar-refractivity contribution >= 4 is 22.6 Å². The van der Waals surface area contributed by atoms with Crippen LogP contribution in [-0.2, 0) is 13.0 Å². The summed E-state index contributed by atoms with van der Waals surface area (Å²) in [5.41, 5.74) is 1.38. The van der Waals surface area contributed by atoms with Gasteiger partial charge in [-0.05, 0) is 30.4 Å². The molecule has 3 rings (SSSR count).